The first kappa shape index (κ1) is 18.8. The number of aliphatic carboxylic acids is 1. The van der Waals surface area contributed by atoms with Crippen LogP contribution in [-0.4, -0.2) is 33.5 Å². The van der Waals surface area contributed by atoms with Gasteiger partial charge < -0.3 is 15.3 Å². The number of carboxylic acids is 1. The van der Waals surface area contributed by atoms with E-state index in [1.165, 1.54) is 38.5 Å². The Kier molecular flexibility index (Phi) is 5.53. The highest BCUT2D eigenvalue weighted by atomic mass is 16.6. The largest absolute Gasteiger partial charge is 0.481 e. The van der Waals surface area contributed by atoms with Gasteiger partial charge in [-0.2, -0.15) is 5.10 Å². The van der Waals surface area contributed by atoms with E-state index in [0.717, 1.165) is 24.6 Å². The zero-order chi connectivity index (χ0) is 19.4. The first-order valence-corrected chi connectivity index (χ1v) is 10.3. The fourth-order valence-electron chi connectivity index (χ4n) is 4.68. The van der Waals surface area contributed by atoms with Crippen LogP contribution in [0.2, 0.25) is 0 Å². The summed E-state index contributed by atoms with van der Waals surface area (Å²) < 4.78 is 0. The fraction of sp³-hybridized carbons (Fsp3) is 0.619. The molecule has 2 fully saturated rings. The number of rotatable bonds is 9. The highest BCUT2D eigenvalue weighted by molar-refractivity contribution is 5.97. The number of aromatic nitrogens is 2. The lowest BCUT2D eigenvalue weighted by molar-refractivity contribution is -0.138. The molecular formula is C21H28N4O3. The third-order valence-electron chi connectivity index (χ3n) is 6.38. The number of anilines is 1. The number of hydrogen-bond acceptors (Lipinski definition) is 5. The Hall–Kier alpha value is -2.53. The highest BCUT2D eigenvalue weighted by Gasteiger charge is 2.59. The molecule has 1 aliphatic heterocycles. The second kappa shape index (κ2) is 8.23. The van der Waals surface area contributed by atoms with Gasteiger partial charge in [0.05, 0.1) is 24.6 Å². The molecule has 0 saturated heterocycles. The zero-order valence-corrected chi connectivity index (χ0v) is 16.1. The van der Waals surface area contributed by atoms with E-state index in [0.29, 0.717) is 23.9 Å². The topological polar surface area (TPSA) is 99.6 Å². The number of nitrogens with zero attached hydrogens (tertiary/aromatic N) is 2. The Balaban J connectivity index is 1.36. The summed E-state index contributed by atoms with van der Waals surface area (Å²) in [5, 5.41) is 23.5. The van der Waals surface area contributed by atoms with E-state index in [9.17, 15) is 9.90 Å². The molecule has 150 valence electrons. The van der Waals surface area contributed by atoms with E-state index in [2.05, 4.69) is 26.4 Å². The van der Waals surface area contributed by atoms with E-state index in [-0.39, 0.29) is 6.42 Å². The molecule has 0 spiro atoms. The third-order valence-corrected chi connectivity index (χ3v) is 6.38. The molecule has 3 aliphatic rings. The zero-order valence-electron chi connectivity index (χ0n) is 16.1. The minimum atomic E-state index is -0.784. The molecule has 2 atom stereocenters. The van der Waals surface area contributed by atoms with Crippen LogP contribution in [-0.2, 0) is 9.63 Å². The molecule has 0 radical (unpaired) electrons. The Labute approximate surface area is 164 Å². The smallest absolute Gasteiger partial charge is 0.304 e. The van der Waals surface area contributed by atoms with Crippen molar-refractivity contribution < 1.29 is 14.7 Å². The fourth-order valence-corrected chi connectivity index (χ4v) is 4.68. The Bertz CT molecular complexity index is 789. The van der Waals surface area contributed by atoms with Gasteiger partial charge >= 0.3 is 5.97 Å². The number of aromatic amines is 1. The van der Waals surface area contributed by atoms with Gasteiger partial charge in [-0.1, -0.05) is 49.4 Å². The maximum absolute atomic E-state index is 11.5. The van der Waals surface area contributed by atoms with Crippen molar-refractivity contribution in [2.75, 3.05) is 11.9 Å². The summed E-state index contributed by atoms with van der Waals surface area (Å²) >= 11 is 0. The second-order valence-electron chi connectivity index (χ2n) is 8.32. The molecule has 28 heavy (non-hydrogen) atoms. The number of H-pyrrole nitrogens is 1. The van der Waals surface area contributed by atoms with Gasteiger partial charge in [-0.05, 0) is 30.7 Å². The van der Waals surface area contributed by atoms with Crippen LogP contribution in [0.4, 0.5) is 5.82 Å². The molecule has 3 N–H and O–H groups in total. The van der Waals surface area contributed by atoms with Crippen LogP contribution in [0.25, 0.3) is 0 Å². The van der Waals surface area contributed by atoms with Crippen molar-refractivity contribution in [3.05, 3.63) is 29.8 Å². The molecule has 1 aromatic heterocycles. The highest BCUT2D eigenvalue weighted by Crippen LogP contribution is 2.63. The van der Waals surface area contributed by atoms with Crippen molar-refractivity contribution in [1.82, 2.24) is 10.2 Å². The van der Waals surface area contributed by atoms with Gasteiger partial charge in [0.15, 0.2) is 5.76 Å². The second-order valence-corrected chi connectivity index (χ2v) is 8.32. The number of carbonyl (C=O) groups is 1. The summed E-state index contributed by atoms with van der Waals surface area (Å²) in [7, 11) is 0. The normalized spacial score (nSPS) is 26.9. The Morgan fingerprint density at radius 3 is 2.89 bits per heavy atom. The van der Waals surface area contributed by atoms with E-state index in [1.807, 2.05) is 6.07 Å². The predicted molar refractivity (Wildman–Crippen MR) is 106 cm³/mol. The van der Waals surface area contributed by atoms with Crippen LogP contribution >= 0.6 is 0 Å². The molecule has 0 aromatic carbocycles. The van der Waals surface area contributed by atoms with Crippen molar-refractivity contribution in [3.8, 4) is 0 Å². The summed E-state index contributed by atoms with van der Waals surface area (Å²) in [5.74, 6) is 1.79. The molecule has 7 heteroatoms. The lowest BCUT2D eigenvalue weighted by atomic mass is 9.84. The third kappa shape index (κ3) is 4.30. The van der Waals surface area contributed by atoms with Crippen molar-refractivity contribution in [2.24, 2.45) is 22.4 Å². The Morgan fingerprint density at radius 2 is 2.21 bits per heavy atom. The molecule has 4 rings (SSSR count). The monoisotopic (exact) mass is 384 g/mol. The quantitative estimate of drug-likeness (QED) is 0.557. The van der Waals surface area contributed by atoms with Crippen LogP contribution in [0.5, 0.6) is 0 Å². The molecule has 2 aliphatic carbocycles. The van der Waals surface area contributed by atoms with Gasteiger partial charge in [0.2, 0.25) is 0 Å². The summed E-state index contributed by atoms with van der Waals surface area (Å²) in [6.07, 6.45) is 13.4. The molecule has 1 aromatic rings. The number of carboxylic acid groups (broad SMARTS) is 1. The van der Waals surface area contributed by atoms with Crippen molar-refractivity contribution in [3.63, 3.8) is 0 Å². The van der Waals surface area contributed by atoms with Crippen LogP contribution in [0.3, 0.4) is 0 Å². The molecule has 1 unspecified atom stereocenters. The SMILES string of the molecule is O=C(O)C[C@]1(C2=C=CC(CNc3ccn[nH]3)=NO2)CC1CCC1CCCCC1. The predicted octanol–water partition coefficient (Wildman–Crippen LogP) is 4.09. The van der Waals surface area contributed by atoms with Gasteiger partial charge in [0.1, 0.15) is 11.5 Å². The average molecular weight is 384 g/mol. The summed E-state index contributed by atoms with van der Waals surface area (Å²) in [4.78, 5) is 17.1. The van der Waals surface area contributed by atoms with Crippen LogP contribution in [0.15, 0.2) is 35.0 Å². The van der Waals surface area contributed by atoms with Gasteiger partial charge in [0, 0.05) is 6.08 Å². The lowest BCUT2D eigenvalue weighted by Crippen LogP contribution is -2.19. The van der Waals surface area contributed by atoms with Gasteiger partial charge in [-0.3, -0.25) is 9.89 Å². The van der Waals surface area contributed by atoms with E-state index >= 15 is 0 Å². The standard InChI is InChI=1S/C21H28N4O3/c26-20(27)13-21(12-16(21)7-6-15-4-2-1-3-5-15)18-9-8-17(25-28-18)14-22-19-10-11-23-24-19/h8,10-11,15-16H,1-7,12-14H2,(H,26,27)(H2,22,23,24)/t16?,21-/m1/s1. The van der Waals surface area contributed by atoms with E-state index in [4.69, 9.17) is 4.84 Å². The number of oxime groups is 1. The summed E-state index contributed by atoms with van der Waals surface area (Å²) in [5.41, 5.74) is 3.47. The minimum absolute atomic E-state index is 0.0930. The molecule has 7 nitrogen and oxygen atoms in total. The number of nitrogens with one attached hydrogen (secondary N) is 2. The first-order chi connectivity index (χ1) is 13.7. The molecule has 0 amide bonds. The summed E-state index contributed by atoms with van der Waals surface area (Å²) in [6, 6.07) is 1.83. The van der Waals surface area contributed by atoms with Crippen molar-refractivity contribution in [1.29, 1.82) is 0 Å². The minimum Gasteiger partial charge on any atom is -0.481 e. The van der Waals surface area contributed by atoms with Gasteiger partial charge in [0.25, 0.3) is 0 Å². The lowest BCUT2D eigenvalue weighted by Gasteiger charge is -2.22. The Morgan fingerprint density at radius 1 is 1.36 bits per heavy atom. The van der Waals surface area contributed by atoms with Crippen molar-refractivity contribution in [2.45, 2.75) is 57.8 Å². The van der Waals surface area contributed by atoms with Crippen LogP contribution in [0, 0.1) is 17.3 Å². The summed E-state index contributed by atoms with van der Waals surface area (Å²) in [6.45, 7) is 0.486. The molecule has 2 saturated carbocycles. The maximum Gasteiger partial charge on any atom is 0.304 e. The maximum atomic E-state index is 11.5. The van der Waals surface area contributed by atoms with Crippen LogP contribution < -0.4 is 5.32 Å². The number of hydrogen-bond donors (Lipinski definition) is 3. The van der Waals surface area contributed by atoms with Crippen LogP contribution in [0.1, 0.15) is 57.8 Å². The average Bonchev–Trinajstić information content (AvgIpc) is 3.14. The first-order valence-electron chi connectivity index (χ1n) is 10.3. The van der Waals surface area contributed by atoms with Crippen molar-refractivity contribution >= 4 is 17.5 Å². The molecular weight excluding hydrogens is 356 g/mol. The van der Waals surface area contributed by atoms with Gasteiger partial charge in [-0.25, -0.2) is 0 Å². The molecule has 0 bridgehead atoms. The van der Waals surface area contributed by atoms with E-state index in [1.54, 1.807) is 12.3 Å². The van der Waals surface area contributed by atoms with Gasteiger partial charge in [-0.15, -0.1) is 0 Å². The molecule has 2 heterocycles. The van der Waals surface area contributed by atoms with E-state index < -0.39 is 11.4 Å².